The van der Waals surface area contributed by atoms with Crippen LogP contribution in [0.3, 0.4) is 0 Å². The van der Waals surface area contributed by atoms with Gasteiger partial charge in [0.2, 0.25) is 0 Å². The Bertz CT molecular complexity index is 529. The van der Waals surface area contributed by atoms with Gasteiger partial charge in [0.15, 0.2) is 0 Å². The van der Waals surface area contributed by atoms with Gasteiger partial charge in [-0.3, -0.25) is 14.9 Å². The van der Waals surface area contributed by atoms with Crippen LogP contribution in [0.25, 0.3) is 0 Å². The Morgan fingerprint density at radius 3 is 2.90 bits per heavy atom. The number of nitro groups is 1. The lowest BCUT2D eigenvalue weighted by Gasteiger charge is -2.23. The van der Waals surface area contributed by atoms with Gasteiger partial charge in [-0.15, -0.1) is 0 Å². The highest BCUT2D eigenvalue weighted by molar-refractivity contribution is 5.95. The van der Waals surface area contributed by atoms with E-state index in [0.29, 0.717) is 32.1 Å². The average molecular weight is 295 g/mol. The van der Waals surface area contributed by atoms with E-state index in [-0.39, 0.29) is 23.3 Å². The van der Waals surface area contributed by atoms with Crippen molar-refractivity contribution >= 4 is 17.3 Å². The minimum atomic E-state index is -0.521. The SMILES string of the molecule is CNC(=O)c1ccc(NCC2COCCO2)c([N+](=O)[O-])c1. The summed E-state index contributed by atoms with van der Waals surface area (Å²) in [5.74, 6) is -0.367. The molecule has 21 heavy (non-hydrogen) atoms. The van der Waals surface area contributed by atoms with E-state index in [1.807, 2.05) is 0 Å². The summed E-state index contributed by atoms with van der Waals surface area (Å²) in [6.07, 6.45) is -0.142. The molecule has 1 aliphatic rings. The van der Waals surface area contributed by atoms with Crippen LogP contribution in [0.2, 0.25) is 0 Å². The van der Waals surface area contributed by atoms with Crippen LogP contribution in [-0.4, -0.2) is 50.3 Å². The molecule has 2 N–H and O–H groups in total. The number of ether oxygens (including phenoxy) is 2. The topological polar surface area (TPSA) is 103 Å². The highest BCUT2D eigenvalue weighted by Crippen LogP contribution is 2.25. The zero-order valence-electron chi connectivity index (χ0n) is 11.6. The fourth-order valence-electron chi connectivity index (χ4n) is 2.00. The maximum absolute atomic E-state index is 11.5. The molecule has 1 aromatic carbocycles. The summed E-state index contributed by atoms with van der Waals surface area (Å²) in [4.78, 5) is 22.1. The Balaban J connectivity index is 2.10. The molecule has 1 amide bonds. The van der Waals surface area contributed by atoms with Crippen molar-refractivity contribution in [1.29, 1.82) is 0 Å². The number of carbonyl (C=O) groups excluding carboxylic acids is 1. The molecule has 0 aliphatic carbocycles. The second-order valence-electron chi connectivity index (χ2n) is 4.52. The van der Waals surface area contributed by atoms with Gasteiger partial charge in [0.1, 0.15) is 5.69 Å². The van der Waals surface area contributed by atoms with Crippen molar-refractivity contribution in [2.75, 3.05) is 38.7 Å². The minimum absolute atomic E-state index is 0.142. The molecule has 8 heteroatoms. The first-order valence-electron chi connectivity index (χ1n) is 6.55. The average Bonchev–Trinajstić information content (AvgIpc) is 2.52. The van der Waals surface area contributed by atoms with Crippen molar-refractivity contribution in [3.63, 3.8) is 0 Å². The molecule has 1 aromatic rings. The van der Waals surface area contributed by atoms with Crippen molar-refractivity contribution in [1.82, 2.24) is 5.32 Å². The van der Waals surface area contributed by atoms with Crippen LogP contribution in [0.15, 0.2) is 18.2 Å². The van der Waals surface area contributed by atoms with Crippen molar-refractivity contribution in [2.24, 2.45) is 0 Å². The maximum Gasteiger partial charge on any atom is 0.293 e. The molecule has 1 aliphatic heterocycles. The second-order valence-corrected chi connectivity index (χ2v) is 4.52. The molecule has 1 heterocycles. The van der Waals surface area contributed by atoms with Crippen molar-refractivity contribution in [3.05, 3.63) is 33.9 Å². The zero-order chi connectivity index (χ0) is 15.2. The van der Waals surface area contributed by atoms with Crippen molar-refractivity contribution < 1.29 is 19.2 Å². The molecule has 0 spiro atoms. The normalized spacial score (nSPS) is 18.0. The monoisotopic (exact) mass is 295 g/mol. The van der Waals surface area contributed by atoms with Crippen LogP contribution in [0.5, 0.6) is 0 Å². The van der Waals surface area contributed by atoms with Gasteiger partial charge in [0.05, 0.1) is 30.8 Å². The number of nitrogens with one attached hydrogen (secondary N) is 2. The summed E-state index contributed by atoms with van der Waals surface area (Å²) in [5, 5.41) is 16.5. The Hall–Kier alpha value is -2.19. The van der Waals surface area contributed by atoms with E-state index in [1.54, 1.807) is 0 Å². The van der Waals surface area contributed by atoms with Crippen LogP contribution < -0.4 is 10.6 Å². The lowest BCUT2D eigenvalue weighted by Crippen LogP contribution is -2.34. The zero-order valence-corrected chi connectivity index (χ0v) is 11.6. The number of hydrogen-bond acceptors (Lipinski definition) is 6. The van der Waals surface area contributed by atoms with E-state index in [0.717, 1.165) is 0 Å². The maximum atomic E-state index is 11.5. The molecule has 8 nitrogen and oxygen atoms in total. The largest absolute Gasteiger partial charge is 0.377 e. The van der Waals surface area contributed by atoms with E-state index in [1.165, 1.54) is 25.2 Å². The predicted octanol–water partition coefficient (Wildman–Crippen LogP) is 0.782. The van der Waals surface area contributed by atoms with Gasteiger partial charge in [0.25, 0.3) is 11.6 Å². The van der Waals surface area contributed by atoms with Crippen molar-refractivity contribution in [2.45, 2.75) is 6.10 Å². The lowest BCUT2D eigenvalue weighted by atomic mass is 10.1. The van der Waals surface area contributed by atoms with Crippen LogP contribution in [0.1, 0.15) is 10.4 Å². The van der Waals surface area contributed by atoms with Gasteiger partial charge in [-0.2, -0.15) is 0 Å². The van der Waals surface area contributed by atoms with Gasteiger partial charge in [-0.05, 0) is 12.1 Å². The Morgan fingerprint density at radius 2 is 2.29 bits per heavy atom. The van der Waals surface area contributed by atoms with Crippen LogP contribution in [0, 0.1) is 10.1 Å². The quantitative estimate of drug-likeness (QED) is 0.614. The van der Waals surface area contributed by atoms with Gasteiger partial charge in [-0.25, -0.2) is 0 Å². The molecule has 1 fully saturated rings. The van der Waals surface area contributed by atoms with Crippen LogP contribution in [0.4, 0.5) is 11.4 Å². The predicted molar refractivity (Wildman–Crippen MR) is 75.5 cm³/mol. The number of carbonyl (C=O) groups is 1. The molecule has 0 saturated carbocycles. The van der Waals surface area contributed by atoms with E-state index in [9.17, 15) is 14.9 Å². The molecule has 1 atom stereocenters. The fraction of sp³-hybridized carbons (Fsp3) is 0.462. The summed E-state index contributed by atoms with van der Waals surface area (Å²) < 4.78 is 10.7. The number of rotatable bonds is 5. The molecular weight excluding hydrogens is 278 g/mol. The number of benzene rings is 1. The van der Waals surface area contributed by atoms with Crippen LogP contribution >= 0.6 is 0 Å². The number of anilines is 1. The van der Waals surface area contributed by atoms with Gasteiger partial charge >= 0.3 is 0 Å². The molecule has 2 rings (SSSR count). The first kappa shape index (κ1) is 15.2. The molecule has 0 bridgehead atoms. The first-order valence-corrected chi connectivity index (χ1v) is 6.55. The highest BCUT2D eigenvalue weighted by atomic mass is 16.6. The first-order chi connectivity index (χ1) is 10.1. The van der Waals surface area contributed by atoms with Gasteiger partial charge in [0, 0.05) is 25.2 Å². The third-order valence-electron chi connectivity index (χ3n) is 3.09. The summed E-state index contributed by atoms with van der Waals surface area (Å²) in [6, 6.07) is 4.30. The summed E-state index contributed by atoms with van der Waals surface area (Å²) >= 11 is 0. The molecule has 0 radical (unpaired) electrons. The molecule has 114 valence electrons. The van der Waals surface area contributed by atoms with Gasteiger partial charge < -0.3 is 20.1 Å². The minimum Gasteiger partial charge on any atom is -0.377 e. The standard InChI is InChI=1S/C13H17N3O5/c1-14-13(17)9-2-3-11(12(6-9)16(18)19)15-7-10-8-20-4-5-21-10/h2-3,6,10,15H,4-5,7-8H2,1H3,(H,14,17). The Kier molecular flexibility index (Phi) is 5.07. The fourth-order valence-corrected chi connectivity index (χ4v) is 2.00. The van der Waals surface area contributed by atoms with E-state index in [4.69, 9.17) is 9.47 Å². The molecule has 1 unspecified atom stereocenters. The molecule has 1 saturated heterocycles. The van der Waals surface area contributed by atoms with E-state index in [2.05, 4.69) is 10.6 Å². The number of nitrogens with zero attached hydrogens (tertiary/aromatic N) is 1. The number of hydrogen-bond donors (Lipinski definition) is 2. The summed E-state index contributed by atoms with van der Waals surface area (Å²) in [6.45, 7) is 1.94. The highest BCUT2D eigenvalue weighted by Gasteiger charge is 2.19. The van der Waals surface area contributed by atoms with E-state index < -0.39 is 4.92 Å². The summed E-state index contributed by atoms with van der Waals surface area (Å²) in [5.41, 5.74) is 0.446. The number of amides is 1. The van der Waals surface area contributed by atoms with Gasteiger partial charge in [-0.1, -0.05) is 0 Å². The molecule has 0 aromatic heterocycles. The second kappa shape index (κ2) is 7.00. The smallest absolute Gasteiger partial charge is 0.293 e. The Labute approximate surface area is 121 Å². The third-order valence-corrected chi connectivity index (χ3v) is 3.09. The molecular formula is C13H17N3O5. The third kappa shape index (κ3) is 3.89. The Morgan fingerprint density at radius 1 is 1.48 bits per heavy atom. The van der Waals surface area contributed by atoms with E-state index >= 15 is 0 Å². The van der Waals surface area contributed by atoms with Crippen molar-refractivity contribution in [3.8, 4) is 0 Å². The lowest BCUT2D eigenvalue weighted by molar-refractivity contribution is -0.384. The summed E-state index contributed by atoms with van der Waals surface area (Å²) in [7, 11) is 1.47. The van der Waals surface area contributed by atoms with Crippen LogP contribution in [-0.2, 0) is 9.47 Å². The number of nitro benzene ring substituents is 1.